The van der Waals surface area contributed by atoms with Gasteiger partial charge in [-0.15, -0.1) is 0 Å². The molecule has 0 aliphatic rings. The minimum Gasteiger partial charge on any atom is -0.355 e. The summed E-state index contributed by atoms with van der Waals surface area (Å²) in [7, 11) is -2.26. The first-order valence-corrected chi connectivity index (χ1v) is 10.1. The summed E-state index contributed by atoms with van der Waals surface area (Å²) >= 11 is 6.10. The first-order valence-electron chi connectivity index (χ1n) is 8.25. The second kappa shape index (κ2) is 10.0. The molecule has 9 nitrogen and oxygen atoms in total. The highest BCUT2D eigenvalue weighted by atomic mass is 35.5. The molecule has 0 aliphatic heterocycles. The molecule has 2 aromatic rings. The Bertz CT molecular complexity index is 966. The van der Waals surface area contributed by atoms with Crippen LogP contribution in [-0.2, 0) is 16.6 Å². The lowest BCUT2D eigenvalue weighted by Crippen LogP contribution is -2.41. The van der Waals surface area contributed by atoms with E-state index in [2.05, 4.69) is 20.3 Å². The third-order valence-electron chi connectivity index (χ3n) is 3.68. The molecule has 0 radical (unpaired) electrons. The third-order valence-corrected chi connectivity index (χ3v) is 5.50. The number of guanidine groups is 1. The van der Waals surface area contributed by atoms with E-state index in [1.54, 1.807) is 13.1 Å². The molecule has 28 heavy (non-hydrogen) atoms. The van der Waals surface area contributed by atoms with Crippen LogP contribution in [0.25, 0.3) is 0 Å². The molecule has 0 aromatic heterocycles. The molecule has 0 heterocycles. The van der Waals surface area contributed by atoms with E-state index in [0.717, 1.165) is 11.6 Å². The van der Waals surface area contributed by atoms with Crippen LogP contribution in [0.5, 0.6) is 0 Å². The summed E-state index contributed by atoms with van der Waals surface area (Å²) in [5.74, 6) is 0.481. The average Bonchev–Trinajstić information content (AvgIpc) is 2.68. The van der Waals surface area contributed by atoms with Gasteiger partial charge in [0, 0.05) is 43.8 Å². The van der Waals surface area contributed by atoms with Gasteiger partial charge in [0.25, 0.3) is 5.69 Å². The van der Waals surface area contributed by atoms with Crippen LogP contribution < -0.4 is 15.4 Å². The Morgan fingerprint density at radius 2 is 1.89 bits per heavy atom. The van der Waals surface area contributed by atoms with E-state index in [1.807, 2.05) is 18.2 Å². The van der Waals surface area contributed by atoms with Gasteiger partial charge in [-0.25, -0.2) is 13.1 Å². The minimum absolute atomic E-state index is 0.0673. The predicted octanol–water partition coefficient (Wildman–Crippen LogP) is 1.89. The molecule has 0 fully saturated rings. The van der Waals surface area contributed by atoms with E-state index in [0.29, 0.717) is 17.5 Å². The number of nitrogens with zero attached hydrogens (tertiary/aromatic N) is 2. The van der Waals surface area contributed by atoms with Gasteiger partial charge >= 0.3 is 0 Å². The minimum atomic E-state index is -3.85. The van der Waals surface area contributed by atoms with Gasteiger partial charge in [-0.1, -0.05) is 35.9 Å². The van der Waals surface area contributed by atoms with Crippen molar-refractivity contribution in [1.29, 1.82) is 0 Å². The fourth-order valence-corrected chi connectivity index (χ4v) is 3.53. The zero-order chi connectivity index (χ0) is 20.6. The molecule has 2 rings (SSSR count). The Morgan fingerprint density at radius 1 is 1.14 bits per heavy atom. The maximum Gasteiger partial charge on any atom is 0.270 e. The highest BCUT2D eigenvalue weighted by Crippen LogP contribution is 2.17. The molecule has 3 N–H and O–H groups in total. The monoisotopic (exact) mass is 425 g/mol. The number of non-ortho nitro benzene ring substituents is 1. The quantitative estimate of drug-likeness (QED) is 0.195. The van der Waals surface area contributed by atoms with Crippen molar-refractivity contribution in [2.75, 3.05) is 20.1 Å². The molecule has 0 amide bonds. The fraction of sp³-hybridized carbons (Fsp3) is 0.235. The van der Waals surface area contributed by atoms with Crippen molar-refractivity contribution in [3.8, 4) is 0 Å². The summed E-state index contributed by atoms with van der Waals surface area (Å²) in [5.41, 5.74) is 0.615. The summed E-state index contributed by atoms with van der Waals surface area (Å²) in [6.45, 7) is 0.785. The Hall–Kier alpha value is -2.69. The van der Waals surface area contributed by atoms with E-state index in [4.69, 9.17) is 11.6 Å². The number of hydrogen-bond acceptors (Lipinski definition) is 5. The number of benzene rings is 2. The summed E-state index contributed by atoms with van der Waals surface area (Å²) in [6, 6.07) is 12.3. The van der Waals surface area contributed by atoms with Crippen molar-refractivity contribution in [2.24, 2.45) is 4.99 Å². The highest BCUT2D eigenvalue weighted by Gasteiger charge is 2.17. The number of halogens is 1. The molecule has 0 atom stereocenters. The Balaban J connectivity index is 1.84. The Morgan fingerprint density at radius 3 is 2.57 bits per heavy atom. The Labute approximate surface area is 168 Å². The van der Waals surface area contributed by atoms with E-state index >= 15 is 0 Å². The Kier molecular flexibility index (Phi) is 7.73. The van der Waals surface area contributed by atoms with E-state index in [1.165, 1.54) is 18.2 Å². The van der Waals surface area contributed by atoms with Crippen molar-refractivity contribution >= 4 is 33.3 Å². The standard InChI is InChI=1S/C17H20ClN5O4S/c1-19-17(21-12-13-5-2-3-8-16(13)18)20-9-10-22-28(26,27)15-7-4-6-14(11-15)23(24)25/h2-8,11,22H,9-10,12H2,1H3,(H2,19,20,21). The maximum atomic E-state index is 12.2. The van der Waals surface area contributed by atoms with E-state index in [-0.39, 0.29) is 23.7 Å². The second-order valence-electron chi connectivity index (χ2n) is 5.60. The van der Waals surface area contributed by atoms with Gasteiger partial charge in [0.2, 0.25) is 10.0 Å². The van der Waals surface area contributed by atoms with Gasteiger partial charge < -0.3 is 10.6 Å². The van der Waals surface area contributed by atoms with Gasteiger partial charge in [-0.3, -0.25) is 15.1 Å². The van der Waals surface area contributed by atoms with Crippen molar-refractivity contribution in [3.63, 3.8) is 0 Å². The lowest BCUT2D eigenvalue weighted by molar-refractivity contribution is -0.385. The molecular weight excluding hydrogens is 406 g/mol. The van der Waals surface area contributed by atoms with Gasteiger partial charge in [-0.2, -0.15) is 0 Å². The molecule has 11 heteroatoms. The van der Waals surface area contributed by atoms with Crippen LogP contribution in [0.3, 0.4) is 0 Å². The van der Waals surface area contributed by atoms with Gasteiger partial charge in [0.15, 0.2) is 5.96 Å². The third kappa shape index (κ3) is 6.19. The van der Waals surface area contributed by atoms with Crippen LogP contribution in [0.1, 0.15) is 5.56 Å². The number of aliphatic imine (C=N–C) groups is 1. The number of nitro benzene ring substituents is 1. The SMILES string of the molecule is CN=C(NCCNS(=O)(=O)c1cccc([N+](=O)[O-])c1)NCc1ccccc1Cl. The lowest BCUT2D eigenvalue weighted by Gasteiger charge is -2.13. The average molecular weight is 426 g/mol. The van der Waals surface area contributed by atoms with Crippen molar-refractivity contribution in [1.82, 2.24) is 15.4 Å². The molecule has 0 unspecified atom stereocenters. The first-order chi connectivity index (χ1) is 13.3. The lowest BCUT2D eigenvalue weighted by atomic mass is 10.2. The van der Waals surface area contributed by atoms with Crippen molar-refractivity contribution in [3.05, 3.63) is 69.2 Å². The zero-order valence-corrected chi connectivity index (χ0v) is 16.6. The van der Waals surface area contributed by atoms with Crippen molar-refractivity contribution in [2.45, 2.75) is 11.4 Å². The van der Waals surface area contributed by atoms with Crippen molar-refractivity contribution < 1.29 is 13.3 Å². The topological polar surface area (TPSA) is 126 Å². The molecule has 2 aromatic carbocycles. The largest absolute Gasteiger partial charge is 0.355 e. The molecule has 0 bridgehead atoms. The number of nitro groups is 1. The molecule has 0 saturated heterocycles. The van der Waals surface area contributed by atoms with E-state index in [9.17, 15) is 18.5 Å². The number of hydrogen-bond donors (Lipinski definition) is 3. The predicted molar refractivity (Wildman–Crippen MR) is 108 cm³/mol. The molecule has 0 saturated carbocycles. The first kappa shape index (κ1) is 21.6. The summed E-state index contributed by atoms with van der Waals surface area (Å²) in [6.07, 6.45) is 0. The van der Waals surface area contributed by atoms with Crippen LogP contribution in [-0.4, -0.2) is 39.4 Å². The number of sulfonamides is 1. The number of rotatable bonds is 8. The van der Waals surface area contributed by atoms with Crippen LogP contribution >= 0.6 is 11.6 Å². The van der Waals surface area contributed by atoms with Gasteiger partial charge in [-0.05, 0) is 17.7 Å². The van der Waals surface area contributed by atoms with Crippen LogP contribution in [0.4, 0.5) is 5.69 Å². The molecule has 150 valence electrons. The molecular formula is C17H20ClN5O4S. The van der Waals surface area contributed by atoms with Crippen LogP contribution in [0.2, 0.25) is 5.02 Å². The molecule has 0 aliphatic carbocycles. The van der Waals surface area contributed by atoms with E-state index < -0.39 is 14.9 Å². The summed E-state index contributed by atoms with van der Waals surface area (Å²) in [5, 5.41) is 17.5. The maximum absolute atomic E-state index is 12.2. The fourth-order valence-electron chi connectivity index (χ4n) is 2.26. The smallest absolute Gasteiger partial charge is 0.270 e. The van der Waals surface area contributed by atoms with Gasteiger partial charge in [0.05, 0.1) is 9.82 Å². The normalized spacial score (nSPS) is 11.9. The summed E-state index contributed by atoms with van der Waals surface area (Å²) < 4.78 is 26.9. The number of nitrogens with one attached hydrogen (secondary N) is 3. The zero-order valence-electron chi connectivity index (χ0n) is 15.1. The summed E-state index contributed by atoms with van der Waals surface area (Å²) in [4.78, 5) is 14.0. The van der Waals surface area contributed by atoms with Crippen LogP contribution in [0.15, 0.2) is 58.4 Å². The highest BCUT2D eigenvalue weighted by molar-refractivity contribution is 7.89. The van der Waals surface area contributed by atoms with Crippen LogP contribution in [0, 0.1) is 10.1 Å². The second-order valence-corrected chi connectivity index (χ2v) is 7.77. The van der Waals surface area contributed by atoms with Gasteiger partial charge in [0.1, 0.15) is 0 Å². The molecule has 0 spiro atoms.